The minimum absolute atomic E-state index is 0.151. The van der Waals surface area contributed by atoms with Crippen LogP contribution in [0, 0.1) is 11.6 Å². The molecule has 2 amide bonds. The minimum Gasteiger partial charge on any atom is -0.444 e. The lowest BCUT2D eigenvalue weighted by Crippen LogP contribution is -2.27. The fourth-order valence-electron chi connectivity index (χ4n) is 2.49. The Labute approximate surface area is 174 Å². The van der Waals surface area contributed by atoms with E-state index in [0.717, 1.165) is 17.4 Å². The van der Waals surface area contributed by atoms with Crippen LogP contribution in [-0.4, -0.2) is 17.6 Å². The summed E-state index contributed by atoms with van der Waals surface area (Å²) in [5.74, 6) is -1.66. The number of benzene rings is 2. The molecule has 0 bridgehead atoms. The maximum atomic E-state index is 14.0. The largest absolute Gasteiger partial charge is 0.444 e. The number of amides is 2. The Bertz CT molecular complexity index is 1110. The first-order valence-electron chi connectivity index (χ1n) is 8.52. The van der Waals surface area contributed by atoms with E-state index in [9.17, 15) is 18.4 Å². The second kappa shape index (κ2) is 7.96. The number of ether oxygens (including phenoxy) is 1. The second-order valence-electron chi connectivity index (χ2n) is 7.16. The monoisotopic (exact) mass is 438 g/mol. The Morgan fingerprint density at radius 1 is 1.07 bits per heavy atom. The molecule has 1 aromatic heterocycles. The standard InChI is InChI=1S/C20H17ClF2N2O3S/c1-20(2,3)28-19(27)25-14-9-11(5-7-13(14)23)24-18(26)17-16(21)12-6-4-10(22)8-15(12)29-17/h4-9H,1-3H3,(H,24,26)(H,25,27). The van der Waals surface area contributed by atoms with Gasteiger partial charge in [0.25, 0.3) is 5.91 Å². The van der Waals surface area contributed by atoms with Gasteiger partial charge in [0, 0.05) is 15.8 Å². The van der Waals surface area contributed by atoms with Gasteiger partial charge in [0.15, 0.2) is 0 Å². The van der Waals surface area contributed by atoms with Gasteiger partial charge >= 0.3 is 6.09 Å². The number of rotatable bonds is 3. The Balaban J connectivity index is 1.81. The summed E-state index contributed by atoms with van der Waals surface area (Å²) in [6.45, 7) is 5.04. The zero-order chi connectivity index (χ0) is 21.3. The highest BCUT2D eigenvalue weighted by Crippen LogP contribution is 2.36. The van der Waals surface area contributed by atoms with Crippen LogP contribution in [0.2, 0.25) is 5.02 Å². The van der Waals surface area contributed by atoms with Crippen molar-refractivity contribution >= 4 is 56.4 Å². The van der Waals surface area contributed by atoms with E-state index in [4.69, 9.17) is 16.3 Å². The molecule has 5 nitrogen and oxygen atoms in total. The first-order chi connectivity index (χ1) is 13.5. The van der Waals surface area contributed by atoms with Crippen LogP contribution in [0.15, 0.2) is 36.4 Å². The van der Waals surface area contributed by atoms with E-state index in [1.54, 1.807) is 20.8 Å². The predicted octanol–water partition coefficient (Wildman–Crippen LogP) is 6.43. The zero-order valence-electron chi connectivity index (χ0n) is 15.7. The van der Waals surface area contributed by atoms with Crippen LogP contribution in [0.5, 0.6) is 0 Å². The molecule has 0 aliphatic heterocycles. The summed E-state index contributed by atoms with van der Waals surface area (Å²) in [4.78, 5) is 24.7. The molecule has 0 atom stereocenters. The van der Waals surface area contributed by atoms with Crippen molar-refractivity contribution in [2.75, 3.05) is 10.6 Å². The van der Waals surface area contributed by atoms with Gasteiger partial charge in [0.05, 0.1) is 10.7 Å². The fourth-order valence-corrected chi connectivity index (χ4v) is 3.92. The minimum atomic E-state index is -0.825. The van der Waals surface area contributed by atoms with E-state index >= 15 is 0 Å². The first kappa shape index (κ1) is 21.0. The van der Waals surface area contributed by atoms with Gasteiger partial charge in [0.2, 0.25) is 0 Å². The van der Waals surface area contributed by atoms with Gasteiger partial charge in [-0.2, -0.15) is 0 Å². The number of hydrogen-bond acceptors (Lipinski definition) is 4. The molecule has 0 radical (unpaired) electrons. The molecule has 0 aliphatic rings. The second-order valence-corrected chi connectivity index (χ2v) is 8.59. The number of carbonyl (C=O) groups is 2. The lowest BCUT2D eigenvalue weighted by molar-refractivity contribution is 0.0635. The molecule has 3 rings (SSSR count). The number of hydrogen-bond donors (Lipinski definition) is 2. The molecule has 2 N–H and O–H groups in total. The average Bonchev–Trinajstić information content (AvgIpc) is 2.92. The Morgan fingerprint density at radius 3 is 2.48 bits per heavy atom. The molecule has 0 spiro atoms. The predicted molar refractivity (Wildman–Crippen MR) is 111 cm³/mol. The lowest BCUT2D eigenvalue weighted by Gasteiger charge is -2.20. The number of carbonyl (C=O) groups excluding carboxylic acids is 2. The van der Waals surface area contributed by atoms with Crippen molar-refractivity contribution in [1.82, 2.24) is 0 Å². The lowest BCUT2D eigenvalue weighted by atomic mass is 10.2. The van der Waals surface area contributed by atoms with Crippen LogP contribution in [-0.2, 0) is 4.74 Å². The normalized spacial score (nSPS) is 11.4. The third-order valence-electron chi connectivity index (χ3n) is 3.66. The molecular weight excluding hydrogens is 422 g/mol. The summed E-state index contributed by atoms with van der Waals surface area (Å²) >= 11 is 7.29. The summed E-state index contributed by atoms with van der Waals surface area (Å²) in [5.41, 5.74) is -0.659. The molecule has 1 heterocycles. The van der Waals surface area contributed by atoms with Crippen molar-refractivity contribution < 1.29 is 23.1 Å². The molecule has 3 aromatic rings. The van der Waals surface area contributed by atoms with Crippen LogP contribution in [0.4, 0.5) is 25.0 Å². The highest BCUT2D eigenvalue weighted by Gasteiger charge is 2.20. The van der Waals surface area contributed by atoms with Gasteiger partial charge in [-0.05, 0) is 57.2 Å². The summed E-state index contributed by atoms with van der Waals surface area (Å²) in [5, 5.41) is 5.67. The van der Waals surface area contributed by atoms with E-state index in [-0.39, 0.29) is 21.3 Å². The molecule has 0 saturated carbocycles. The zero-order valence-corrected chi connectivity index (χ0v) is 17.3. The summed E-state index contributed by atoms with van der Waals surface area (Å²) in [7, 11) is 0. The molecule has 0 unspecified atom stereocenters. The van der Waals surface area contributed by atoms with Crippen molar-refractivity contribution in [1.29, 1.82) is 0 Å². The maximum absolute atomic E-state index is 14.0. The molecule has 2 aromatic carbocycles. The first-order valence-corrected chi connectivity index (χ1v) is 9.71. The van der Waals surface area contributed by atoms with Crippen molar-refractivity contribution in [2.24, 2.45) is 0 Å². The number of thiophene rings is 1. The van der Waals surface area contributed by atoms with Gasteiger partial charge in [-0.15, -0.1) is 11.3 Å². The van der Waals surface area contributed by atoms with Gasteiger partial charge in [-0.25, -0.2) is 13.6 Å². The van der Waals surface area contributed by atoms with Crippen LogP contribution in [0.25, 0.3) is 10.1 Å². The molecular formula is C20H17ClF2N2O3S. The number of anilines is 2. The summed E-state index contributed by atoms with van der Waals surface area (Å²) in [6.07, 6.45) is -0.825. The highest BCUT2D eigenvalue weighted by atomic mass is 35.5. The van der Waals surface area contributed by atoms with Crippen LogP contribution in [0.1, 0.15) is 30.4 Å². The van der Waals surface area contributed by atoms with Crippen LogP contribution >= 0.6 is 22.9 Å². The maximum Gasteiger partial charge on any atom is 0.412 e. The average molecular weight is 439 g/mol. The topological polar surface area (TPSA) is 67.4 Å². The van der Waals surface area contributed by atoms with E-state index in [0.29, 0.717) is 10.1 Å². The third kappa shape index (κ3) is 5.02. The summed E-state index contributed by atoms with van der Waals surface area (Å²) < 4.78 is 33.1. The highest BCUT2D eigenvalue weighted by molar-refractivity contribution is 7.21. The van der Waals surface area contributed by atoms with Crippen molar-refractivity contribution in [3.63, 3.8) is 0 Å². The van der Waals surface area contributed by atoms with Crippen molar-refractivity contribution in [3.8, 4) is 0 Å². The third-order valence-corrected chi connectivity index (χ3v) is 5.31. The van der Waals surface area contributed by atoms with E-state index in [2.05, 4.69) is 10.6 Å². The van der Waals surface area contributed by atoms with E-state index in [1.807, 2.05) is 0 Å². The molecule has 9 heteroatoms. The van der Waals surface area contributed by atoms with Crippen molar-refractivity contribution in [2.45, 2.75) is 26.4 Å². The van der Waals surface area contributed by atoms with Crippen LogP contribution in [0.3, 0.4) is 0 Å². The SMILES string of the molecule is CC(C)(C)OC(=O)Nc1cc(NC(=O)c2sc3cc(F)ccc3c2Cl)ccc1F. The quantitative estimate of drug-likeness (QED) is 0.495. The molecule has 0 aliphatic carbocycles. The molecule has 29 heavy (non-hydrogen) atoms. The Morgan fingerprint density at radius 2 is 1.79 bits per heavy atom. The van der Waals surface area contributed by atoms with Crippen LogP contribution < -0.4 is 10.6 Å². The van der Waals surface area contributed by atoms with Crippen molar-refractivity contribution in [3.05, 3.63) is 57.9 Å². The fraction of sp³-hybridized carbons (Fsp3) is 0.200. The Kier molecular flexibility index (Phi) is 5.77. The smallest absolute Gasteiger partial charge is 0.412 e. The Hall–Kier alpha value is -2.71. The number of fused-ring (bicyclic) bond motifs is 1. The molecule has 0 fully saturated rings. The van der Waals surface area contributed by atoms with Gasteiger partial charge in [0.1, 0.15) is 22.1 Å². The number of halogens is 3. The van der Waals surface area contributed by atoms with E-state index in [1.165, 1.54) is 30.3 Å². The number of nitrogens with one attached hydrogen (secondary N) is 2. The van der Waals surface area contributed by atoms with Gasteiger partial charge in [-0.3, -0.25) is 10.1 Å². The molecule has 0 saturated heterocycles. The molecule has 152 valence electrons. The van der Waals surface area contributed by atoms with Gasteiger partial charge in [-0.1, -0.05) is 11.6 Å². The van der Waals surface area contributed by atoms with E-state index < -0.39 is 29.2 Å². The summed E-state index contributed by atoms with van der Waals surface area (Å²) in [6, 6.07) is 7.76. The van der Waals surface area contributed by atoms with Gasteiger partial charge < -0.3 is 10.1 Å².